The molecule has 4 aromatic rings. The van der Waals surface area contributed by atoms with Crippen LogP contribution < -0.4 is 11.1 Å². The fourth-order valence-electron chi connectivity index (χ4n) is 2.30. The predicted molar refractivity (Wildman–Crippen MR) is 95.7 cm³/mol. The number of benzene rings is 2. The molecule has 0 aliphatic heterocycles. The summed E-state index contributed by atoms with van der Waals surface area (Å²) in [5.41, 5.74) is -1.29. The standard InChI is InChI=1S/C8H4BrFN2O2.C8H5FN2O2/c9-3-1-4(13)7-5(6(3)10)8(14)12-2-11-7;9-4-1-2-5(12)7-6(4)8(13)11-3-10-7/h1-2,13H,(H,11,12,14);1-3,12H,(H,10,11,13). The topological polar surface area (TPSA) is 132 Å². The summed E-state index contributed by atoms with van der Waals surface area (Å²) in [4.78, 5) is 34.1. The number of fused-ring (bicyclic) bond motifs is 2. The average molecular weight is 439 g/mol. The van der Waals surface area contributed by atoms with Gasteiger partial charge in [0, 0.05) is 0 Å². The van der Waals surface area contributed by atoms with Gasteiger partial charge in [0.05, 0.1) is 17.1 Å². The molecule has 0 saturated heterocycles. The third-order valence-corrected chi connectivity index (χ3v) is 4.09. The maximum absolute atomic E-state index is 13.4. The van der Waals surface area contributed by atoms with Crippen molar-refractivity contribution < 1.29 is 19.0 Å². The van der Waals surface area contributed by atoms with Crippen molar-refractivity contribution >= 4 is 37.7 Å². The summed E-state index contributed by atoms with van der Waals surface area (Å²) in [7, 11) is 0. The van der Waals surface area contributed by atoms with Crippen LogP contribution in [0.2, 0.25) is 0 Å². The van der Waals surface area contributed by atoms with Crippen LogP contribution in [0, 0.1) is 11.6 Å². The van der Waals surface area contributed by atoms with Gasteiger partial charge in [0.15, 0.2) is 5.82 Å². The van der Waals surface area contributed by atoms with Crippen LogP contribution in [0.25, 0.3) is 21.8 Å². The van der Waals surface area contributed by atoms with E-state index in [1.807, 2.05) is 0 Å². The van der Waals surface area contributed by atoms with Gasteiger partial charge in [0.1, 0.15) is 39.1 Å². The highest BCUT2D eigenvalue weighted by molar-refractivity contribution is 9.10. The Morgan fingerprint density at radius 2 is 1.44 bits per heavy atom. The second-order valence-electron chi connectivity index (χ2n) is 5.17. The number of nitrogens with zero attached hydrogens (tertiary/aromatic N) is 2. The van der Waals surface area contributed by atoms with Crippen molar-refractivity contribution in [1.29, 1.82) is 0 Å². The highest BCUT2D eigenvalue weighted by Gasteiger charge is 2.13. The van der Waals surface area contributed by atoms with E-state index < -0.39 is 22.8 Å². The van der Waals surface area contributed by atoms with Crippen molar-refractivity contribution in [2.75, 3.05) is 0 Å². The first-order valence-corrected chi connectivity index (χ1v) is 7.99. The van der Waals surface area contributed by atoms with E-state index in [1.165, 1.54) is 0 Å². The van der Waals surface area contributed by atoms with Crippen molar-refractivity contribution in [3.8, 4) is 11.5 Å². The zero-order chi connectivity index (χ0) is 19.7. The highest BCUT2D eigenvalue weighted by atomic mass is 79.9. The number of phenols is 2. The largest absolute Gasteiger partial charge is 0.506 e. The number of rotatable bonds is 0. The Morgan fingerprint density at radius 3 is 2.04 bits per heavy atom. The van der Waals surface area contributed by atoms with E-state index in [9.17, 15) is 28.6 Å². The molecule has 0 amide bonds. The average Bonchev–Trinajstić information content (AvgIpc) is 2.63. The van der Waals surface area contributed by atoms with E-state index in [-0.39, 0.29) is 37.8 Å². The van der Waals surface area contributed by atoms with E-state index in [0.29, 0.717) is 0 Å². The van der Waals surface area contributed by atoms with Gasteiger partial charge in [0.25, 0.3) is 11.1 Å². The Balaban J connectivity index is 0.000000156. The van der Waals surface area contributed by atoms with E-state index in [1.54, 1.807) is 0 Å². The van der Waals surface area contributed by atoms with Crippen molar-refractivity contribution in [3.63, 3.8) is 0 Å². The fraction of sp³-hybridized carbons (Fsp3) is 0. The molecule has 2 aromatic heterocycles. The summed E-state index contributed by atoms with van der Waals surface area (Å²) in [6.45, 7) is 0. The number of hydrogen-bond donors (Lipinski definition) is 4. The molecule has 138 valence electrons. The minimum Gasteiger partial charge on any atom is -0.506 e. The number of aromatic amines is 2. The van der Waals surface area contributed by atoms with Crippen LogP contribution in [-0.2, 0) is 0 Å². The van der Waals surface area contributed by atoms with Crippen molar-refractivity contribution in [1.82, 2.24) is 19.9 Å². The molecule has 0 aliphatic rings. The molecule has 0 saturated carbocycles. The summed E-state index contributed by atoms with van der Waals surface area (Å²) >= 11 is 2.89. The molecule has 4 rings (SSSR count). The molecule has 2 heterocycles. The SMILES string of the molecule is O=c1[nH]cnc2c(O)cc(Br)c(F)c12.O=c1[nH]cnc2c(O)ccc(F)c12. The second kappa shape index (κ2) is 7.11. The van der Waals surface area contributed by atoms with Crippen LogP contribution in [-0.4, -0.2) is 30.1 Å². The first kappa shape index (κ1) is 18.5. The number of phenolic OH excluding ortho intramolecular Hbond substituents is 2. The lowest BCUT2D eigenvalue weighted by molar-refractivity contribution is 0.478. The third-order valence-electron chi connectivity index (χ3n) is 3.51. The summed E-state index contributed by atoms with van der Waals surface area (Å²) in [5, 5.41) is 18.2. The normalized spacial score (nSPS) is 10.6. The Hall–Kier alpha value is -3.34. The van der Waals surface area contributed by atoms with Crippen LogP contribution in [0.5, 0.6) is 11.5 Å². The smallest absolute Gasteiger partial charge is 0.261 e. The minimum atomic E-state index is -0.729. The number of aromatic hydroxyl groups is 2. The first-order chi connectivity index (χ1) is 12.8. The molecule has 2 aromatic carbocycles. The Bertz CT molecular complexity index is 1290. The molecule has 0 aliphatic carbocycles. The van der Waals surface area contributed by atoms with E-state index >= 15 is 0 Å². The third kappa shape index (κ3) is 3.36. The van der Waals surface area contributed by atoms with Crippen LogP contribution in [0.15, 0.2) is 44.9 Å². The second-order valence-corrected chi connectivity index (χ2v) is 6.02. The summed E-state index contributed by atoms with van der Waals surface area (Å²) in [6, 6.07) is 3.34. The van der Waals surface area contributed by atoms with Gasteiger partial charge in [-0.3, -0.25) is 9.59 Å². The molecule has 8 nitrogen and oxygen atoms in total. The van der Waals surface area contributed by atoms with Crippen molar-refractivity contribution in [3.05, 3.63) is 67.7 Å². The Morgan fingerprint density at radius 1 is 0.889 bits per heavy atom. The van der Waals surface area contributed by atoms with Crippen LogP contribution >= 0.6 is 15.9 Å². The van der Waals surface area contributed by atoms with Gasteiger partial charge >= 0.3 is 0 Å². The quantitative estimate of drug-likeness (QED) is 0.333. The number of nitrogens with one attached hydrogen (secondary N) is 2. The van der Waals surface area contributed by atoms with Gasteiger partial charge in [-0.05, 0) is 34.1 Å². The maximum atomic E-state index is 13.4. The Kier molecular flexibility index (Phi) is 4.86. The molecule has 0 bridgehead atoms. The number of hydrogen-bond acceptors (Lipinski definition) is 6. The summed E-state index contributed by atoms with van der Waals surface area (Å²) in [6.07, 6.45) is 2.22. The Labute approximate surface area is 156 Å². The van der Waals surface area contributed by atoms with Crippen molar-refractivity contribution in [2.24, 2.45) is 0 Å². The number of H-pyrrole nitrogens is 2. The summed E-state index contributed by atoms with van der Waals surface area (Å²) < 4.78 is 26.5. The fourth-order valence-corrected chi connectivity index (χ4v) is 2.71. The molecular weight excluding hydrogens is 430 g/mol. The summed E-state index contributed by atoms with van der Waals surface area (Å²) in [5.74, 6) is -1.86. The molecule has 11 heteroatoms. The van der Waals surface area contributed by atoms with Crippen molar-refractivity contribution in [2.45, 2.75) is 0 Å². The van der Waals surface area contributed by atoms with Crippen LogP contribution in [0.4, 0.5) is 8.78 Å². The van der Waals surface area contributed by atoms with E-state index in [0.717, 1.165) is 30.9 Å². The van der Waals surface area contributed by atoms with Gasteiger partial charge in [-0.25, -0.2) is 18.7 Å². The predicted octanol–water partition coefficient (Wildman–Crippen LogP) is 2.30. The lowest BCUT2D eigenvalue weighted by Gasteiger charge is -2.01. The first-order valence-electron chi connectivity index (χ1n) is 7.20. The van der Waals surface area contributed by atoms with Gasteiger partial charge in [-0.1, -0.05) is 0 Å². The molecule has 0 radical (unpaired) electrons. The van der Waals surface area contributed by atoms with Gasteiger partial charge in [0.2, 0.25) is 0 Å². The molecule has 0 unspecified atom stereocenters. The zero-order valence-electron chi connectivity index (χ0n) is 13.1. The molecule has 27 heavy (non-hydrogen) atoms. The highest BCUT2D eigenvalue weighted by Crippen LogP contribution is 2.28. The zero-order valence-corrected chi connectivity index (χ0v) is 14.7. The lowest BCUT2D eigenvalue weighted by Crippen LogP contribution is -2.08. The van der Waals surface area contributed by atoms with Gasteiger partial charge < -0.3 is 20.2 Å². The van der Waals surface area contributed by atoms with Gasteiger partial charge in [-0.15, -0.1) is 0 Å². The van der Waals surface area contributed by atoms with E-state index in [4.69, 9.17) is 0 Å². The molecule has 0 atom stereocenters. The minimum absolute atomic E-state index is 0.0243. The van der Waals surface area contributed by atoms with Crippen LogP contribution in [0.1, 0.15) is 0 Å². The van der Waals surface area contributed by atoms with Crippen LogP contribution in [0.3, 0.4) is 0 Å². The number of aromatic nitrogens is 4. The monoisotopic (exact) mass is 438 g/mol. The molecule has 4 N–H and O–H groups in total. The number of halogens is 3. The van der Waals surface area contributed by atoms with Gasteiger partial charge in [-0.2, -0.15) is 0 Å². The lowest BCUT2D eigenvalue weighted by atomic mass is 10.2. The molecule has 0 fully saturated rings. The maximum Gasteiger partial charge on any atom is 0.261 e. The molecular formula is C16H9BrF2N4O4. The molecule has 0 spiro atoms. The van der Waals surface area contributed by atoms with E-state index in [2.05, 4.69) is 35.9 Å².